The highest BCUT2D eigenvalue weighted by molar-refractivity contribution is 5.82. The zero-order valence-electron chi connectivity index (χ0n) is 10.8. The number of hydrogen-bond acceptors (Lipinski definition) is 3. The molecule has 19 heavy (non-hydrogen) atoms. The lowest BCUT2D eigenvalue weighted by atomic mass is 9.89. The van der Waals surface area contributed by atoms with Crippen LogP contribution >= 0.6 is 0 Å². The van der Waals surface area contributed by atoms with E-state index in [0.29, 0.717) is 31.5 Å². The van der Waals surface area contributed by atoms with Crippen LogP contribution in [0.15, 0.2) is 12.2 Å². The smallest absolute Gasteiger partial charge is 0.305 e. The highest BCUT2D eigenvalue weighted by Crippen LogP contribution is 2.43. The molecule has 1 heterocycles. The lowest BCUT2D eigenvalue weighted by Crippen LogP contribution is -2.52. The normalized spacial score (nSPS) is 39.7. The first kappa shape index (κ1) is 12.7. The van der Waals surface area contributed by atoms with Crippen molar-refractivity contribution in [3.63, 3.8) is 0 Å². The van der Waals surface area contributed by atoms with Gasteiger partial charge in [0.05, 0.1) is 18.6 Å². The molecule has 0 aromatic carbocycles. The molecule has 4 unspecified atom stereocenters. The summed E-state index contributed by atoms with van der Waals surface area (Å²) in [6.45, 7) is 0.825. The Bertz CT molecular complexity index is 425. The minimum atomic E-state index is -0.890. The van der Waals surface area contributed by atoms with Crippen molar-refractivity contribution in [2.75, 3.05) is 13.2 Å². The van der Waals surface area contributed by atoms with E-state index in [0.717, 1.165) is 12.8 Å². The summed E-state index contributed by atoms with van der Waals surface area (Å²) in [6, 6.07) is 0. The third kappa shape index (κ3) is 2.39. The molecule has 1 saturated carbocycles. The summed E-state index contributed by atoms with van der Waals surface area (Å²) in [5.41, 5.74) is -0.700. The van der Waals surface area contributed by atoms with Crippen LogP contribution in [-0.2, 0) is 14.3 Å². The second-order valence-corrected chi connectivity index (χ2v) is 6.03. The van der Waals surface area contributed by atoms with E-state index < -0.39 is 11.5 Å². The quantitative estimate of drug-likeness (QED) is 0.742. The molecule has 2 bridgehead atoms. The maximum Gasteiger partial charge on any atom is 0.305 e. The van der Waals surface area contributed by atoms with E-state index in [1.54, 1.807) is 0 Å². The highest BCUT2D eigenvalue weighted by Gasteiger charge is 2.44. The first-order valence-electron chi connectivity index (χ1n) is 6.88. The van der Waals surface area contributed by atoms with Gasteiger partial charge in [0.15, 0.2) is 0 Å². The van der Waals surface area contributed by atoms with E-state index in [4.69, 9.17) is 9.84 Å². The van der Waals surface area contributed by atoms with Crippen molar-refractivity contribution in [1.82, 2.24) is 5.32 Å². The molecule has 3 aliphatic rings. The van der Waals surface area contributed by atoms with E-state index in [1.807, 2.05) is 0 Å². The van der Waals surface area contributed by atoms with Crippen LogP contribution in [0.5, 0.6) is 0 Å². The molecule has 2 fully saturated rings. The summed E-state index contributed by atoms with van der Waals surface area (Å²) < 4.78 is 5.29. The van der Waals surface area contributed by atoms with E-state index in [-0.39, 0.29) is 18.2 Å². The van der Waals surface area contributed by atoms with E-state index in [2.05, 4.69) is 17.5 Å². The number of carbonyl (C=O) groups is 2. The van der Waals surface area contributed by atoms with Crippen molar-refractivity contribution < 1.29 is 19.4 Å². The summed E-state index contributed by atoms with van der Waals surface area (Å²) in [7, 11) is 0. The predicted molar refractivity (Wildman–Crippen MR) is 67.4 cm³/mol. The number of rotatable bonds is 4. The van der Waals surface area contributed by atoms with Crippen LogP contribution in [0.3, 0.4) is 0 Å². The molecule has 4 atom stereocenters. The summed E-state index contributed by atoms with van der Waals surface area (Å²) in [4.78, 5) is 23.4. The molecule has 0 aromatic heterocycles. The van der Waals surface area contributed by atoms with Gasteiger partial charge in [-0.05, 0) is 31.1 Å². The van der Waals surface area contributed by atoms with Crippen molar-refractivity contribution in [2.45, 2.75) is 31.2 Å². The molecule has 0 aromatic rings. The third-order valence-corrected chi connectivity index (χ3v) is 4.60. The van der Waals surface area contributed by atoms with Gasteiger partial charge < -0.3 is 15.2 Å². The molecule has 1 amide bonds. The molecule has 1 saturated heterocycles. The number of carboxylic acid groups (broad SMARTS) is 1. The minimum Gasteiger partial charge on any atom is -0.481 e. The predicted octanol–water partition coefficient (Wildman–Crippen LogP) is 0.949. The van der Waals surface area contributed by atoms with Crippen molar-refractivity contribution in [1.29, 1.82) is 0 Å². The van der Waals surface area contributed by atoms with Crippen molar-refractivity contribution in [3.8, 4) is 0 Å². The summed E-state index contributed by atoms with van der Waals surface area (Å²) >= 11 is 0. The molecule has 0 radical (unpaired) electrons. The van der Waals surface area contributed by atoms with Gasteiger partial charge in [0.2, 0.25) is 5.91 Å². The Morgan fingerprint density at radius 1 is 1.37 bits per heavy atom. The van der Waals surface area contributed by atoms with Gasteiger partial charge in [-0.2, -0.15) is 0 Å². The monoisotopic (exact) mass is 265 g/mol. The Balaban J connectivity index is 1.67. The van der Waals surface area contributed by atoms with Gasteiger partial charge in [-0.25, -0.2) is 0 Å². The number of fused-ring (bicyclic) bond motifs is 2. The molecule has 5 heteroatoms. The van der Waals surface area contributed by atoms with Gasteiger partial charge in [0.25, 0.3) is 0 Å². The van der Waals surface area contributed by atoms with E-state index in [1.165, 1.54) is 0 Å². The highest BCUT2D eigenvalue weighted by atomic mass is 16.5. The number of allylic oxidation sites excluding steroid dienone is 2. The fraction of sp³-hybridized carbons (Fsp3) is 0.714. The summed E-state index contributed by atoms with van der Waals surface area (Å²) in [6.07, 6.45) is 6.82. The first-order valence-corrected chi connectivity index (χ1v) is 6.88. The Morgan fingerprint density at radius 2 is 2.21 bits per heavy atom. The van der Waals surface area contributed by atoms with Crippen LogP contribution in [-0.4, -0.2) is 35.7 Å². The van der Waals surface area contributed by atoms with E-state index >= 15 is 0 Å². The third-order valence-electron chi connectivity index (χ3n) is 4.60. The number of ether oxygens (including phenoxy) is 1. The molecule has 2 aliphatic carbocycles. The van der Waals surface area contributed by atoms with Crippen LogP contribution in [0.25, 0.3) is 0 Å². The molecule has 3 rings (SSSR count). The van der Waals surface area contributed by atoms with Crippen LogP contribution in [0, 0.1) is 17.8 Å². The average Bonchev–Trinajstić information content (AvgIpc) is 3.03. The average molecular weight is 265 g/mol. The second-order valence-electron chi connectivity index (χ2n) is 6.03. The molecule has 0 spiro atoms. The Labute approximate surface area is 112 Å². The lowest BCUT2D eigenvalue weighted by Gasteiger charge is -2.30. The molecule has 2 N–H and O–H groups in total. The van der Waals surface area contributed by atoms with Crippen molar-refractivity contribution in [2.24, 2.45) is 17.8 Å². The number of nitrogens with one attached hydrogen (secondary N) is 1. The second kappa shape index (κ2) is 4.63. The molecule has 5 nitrogen and oxygen atoms in total. The van der Waals surface area contributed by atoms with Gasteiger partial charge in [0, 0.05) is 12.5 Å². The summed E-state index contributed by atoms with van der Waals surface area (Å²) in [5, 5.41) is 12.0. The van der Waals surface area contributed by atoms with Crippen LogP contribution in [0.2, 0.25) is 0 Å². The van der Waals surface area contributed by atoms with E-state index in [9.17, 15) is 9.59 Å². The maximum absolute atomic E-state index is 12.4. The Kier molecular flexibility index (Phi) is 3.09. The largest absolute Gasteiger partial charge is 0.481 e. The number of amides is 1. The number of carbonyl (C=O) groups excluding carboxylic acids is 1. The molecular formula is C14H19NO4. The number of hydrogen-bond donors (Lipinski definition) is 2. The van der Waals surface area contributed by atoms with Crippen LogP contribution in [0.1, 0.15) is 25.7 Å². The lowest BCUT2D eigenvalue weighted by molar-refractivity contribution is -0.139. The minimum absolute atomic E-state index is 0.00333. The van der Waals surface area contributed by atoms with Crippen molar-refractivity contribution in [3.05, 3.63) is 12.2 Å². The van der Waals surface area contributed by atoms with Gasteiger partial charge in [-0.15, -0.1) is 0 Å². The standard InChI is InChI=1S/C14H19NO4/c16-12(17)7-14(3-4-19-8-14)15-13(18)11-6-9-1-2-10(11)5-9/h1-2,9-11H,3-8H2,(H,15,18)(H,16,17). The van der Waals surface area contributed by atoms with Gasteiger partial charge in [0.1, 0.15) is 0 Å². The van der Waals surface area contributed by atoms with Crippen molar-refractivity contribution >= 4 is 11.9 Å². The van der Waals surface area contributed by atoms with Gasteiger partial charge in [-0.3, -0.25) is 9.59 Å². The molecule has 104 valence electrons. The first-order chi connectivity index (χ1) is 9.08. The molecule has 1 aliphatic heterocycles. The zero-order chi connectivity index (χ0) is 13.5. The van der Waals surface area contributed by atoms with Gasteiger partial charge in [-0.1, -0.05) is 12.2 Å². The fourth-order valence-electron chi connectivity index (χ4n) is 3.62. The zero-order valence-corrected chi connectivity index (χ0v) is 10.8. The van der Waals surface area contributed by atoms with Crippen LogP contribution in [0.4, 0.5) is 0 Å². The fourth-order valence-corrected chi connectivity index (χ4v) is 3.62. The molecular weight excluding hydrogens is 246 g/mol. The summed E-state index contributed by atoms with van der Waals surface area (Å²) in [5.74, 6) is 0.00806. The number of carboxylic acids is 1. The number of aliphatic carboxylic acids is 1. The topological polar surface area (TPSA) is 75.6 Å². The SMILES string of the molecule is O=C(O)CC1(NC(=O)C2CC3C=CC2C3)CCOC1. The van der Waals surface area contributed by atoms with Crippen LogP contribution < -0.4 is 5.32 Å². The Hall–Kier alpha value is -1.36. The van der Waals surface area contributed by atoms with Gasteiger partial charge >= 0.3 is 5.97 Å². The Morgan fingerprint density at radius 3 is 2.74 bits per heavy atom. The maximum atomic E-state index is 12.4.